The van der Waals surface area contributed by atoms with Gasteiger partial charge in [-0.1, -0.05) is 0 Å². The van der Waals surface area contributed by atoms with Crippen LogP contribution >= 0.6 is 0 Å². The molecule has 130 valence electrons. The first-order valence-corrected chi connectivity index (χ1v) is 7.25. The summed E-state index contributed by atoms with van der Waals surface area (Å²) in [4.78, 5) is 10.6. The predicted octanol–water partition coefficient (Wildman–Crippen LogP) is 3.10. The molecule has 0 fully saturated rings. The maximum absolute atomic E-state index is 11.1. The summed E-state index contributed by atoms with van der Waals surface area (Å²) < 4.78 is 15.8. The molecule has 8 heteroatoms. The van der Waals surface area contributed by atoms with Gasteiger partial charge < -0.3 is 19.5 Å². The van der Waals surface area contributed by atoms with Gasteiger partial charge >= 0.3 is 0 Å². The number of nitrogens with one attached hydrogen (secondary N) is 1. The van der Waals surface area contributed by atoms with Gasteiger partial charge in [0.2, 0.25) is 5.75 Å². The molecule has 0 aromatic heterocycles. The number of hydrogen-bond donors (Lipinski definition) is 1. The van der Waals surface area contributed by atoms with E-state index >= 15 is 0 Å². The van der Waals surface area contributed by atoms with Gasteiger partial charge in [-0.2, -0.15) is 5.26 Å². The summed E-state index contributed by atoms with van der Waals surface area (Å²) in [6, 6.07) is 9.60. The van der Waals surface area contributed by atoms with Crippen LogP contribution in [0.15, 0.2) is 30.3 Å². The minimum Gasteiger partial charge on any atom is -0.493 e. The maximum atomic E-state index is 11.1. The molecule has 1 N–H and O–H groups in total. The average molecular weight is 343 g/mol. The van der Waals surface area contributed by atoms with Gasteiger partial charge in [0.15, 0.2) is 11.5 Å². The van der Waals surface area contributed by atoms with Gasteiger partial charge in [0.1, 0.15) is 5.69 Å². The van der Waals surface area contributed by atoms with E-state index in [-0.39, 0.29) is 17.9 Å². The van der Waals surface area contributed by atoms with E-state index < -0.39 is 4.92 Å². The third-order valence-corrected chi connectivity index (χ3v) is 3.53. The summed E-state index contributed by atoms with van der Waals surface area (Å²) in [7, 11) is 4.53. The number of nitro benzene ring substituents is 1. The lowest BCUT2D eigenvalue weighted by atomic mass is 10.1. The van der Waals surface area contributed by atoms with Crippen LogP contribution in [0.4, 0.5) is 11.4 Å². The van der Waals surface area contributed by atoms with Crippen LogP contribution in [0.1, 0.15) is 11.1 Å². The van der Waals surface area contributed by atoms with Crippen LogP contribution in [0.3, 0.4) is 0 Å². The molecule has 2 aromatic rings. The predicted molar refractivity (Wildman–Crippen MR) is 91.2 cm³/mol. The smallest absolute Gasteiger partial charge is 0.292 e. The van der Waals surface area contributed by atoms with E-state index in [1.807, 2.05) is 6.07 Å². The number of rotatable bonds is 7. The van der Waals surface area contributed by atoms with Crippen molar-refractivity contribution in [2.75, 3.05) is 26.6 Å². The summed E-state index contributed by atoms with van der Waals surface area (Å²) in [6.45, 7) is 0.270. The third-order valence-electron chi connectivity index (χ3n) is 3.53. The zero-order valence-corrected chi connectivity index (χ0v) is 14.0. The first kappa shape index (κ1) is 17.9. The first-order chi connectivity index (χ1) is 12.0. The van der Waals surface area contributed by atoms with Crippen molar-refractivity contribution in [3.8, 4) is 23.3 Å². The zero-order valence-electron chi connectivity index (χ0n) is 14.0. The first-order valence-electron chi connectivity index (χ1n) is 7.25. The highest BCUT2D eigenvalue weighted by molar-refractivity contribution is 5.64. The van der Waals surface area contributed by atoms with Gasteiger partial charge in [-0.25, -0.2) is 0 Å². The van der Waals surface area contributed by atoms with Crippen molar-refractivity contribution < 1.29 is 19.1 Å². The lowest BCUT2D eigenvalue weighted by molar-refractivity contribution is -0.384. The molecular weight excluding hydrogens is 326 g/mol. The number of anilines is 1. The second-order valence-electron chi connectivity index (χ2n) is 4.99. The minimum absolute atomic E-state index is 0.105. The van der Waals surface area contributed by atoms with Crippen molar-refractivity contribution in [3.05, 3.63) is 51.6 Å². The Labute approximate surface area is 144 Å². The van der Waals surface area contributed by atoms with Crippen LogP contribution in [0.5, 0.6) is 17.2 Å². The van der Waals surface area contributed by atoms with Crippen molar-refractivity contribution in [2.24, 2.45) is 0 Å². The SMILES string of the molecule is COc1cc(CNc2cc(C#N)ccc2[N+](=O)[O-])cc(OC)c1OC. The highest BCUT2D eigenvalue weighted by atomic mass is 16.6. The minimum atomic E-state index is -0.501. The summed E-state index contributed by atoms with van der Waals surface area (Å²) in [6.07, 6.45) is 0. The number of nitro groups is 1. The van der Waals surface area contributed by atoms with E-state index in [4.69, 9.17) is 19.5 Å². The van der Waals surface area contributed by atoms with Crippen molar-refractivity contribution in [1.82, 2.24) is 0 Å². The quantitative estimate of drug-likeness (QED) is 0.608. The Morgan fingerprint density at radius 2 is 1.76 bits per heavy atom. The molecule has 0 spiro atoms. The lowest BCUT2D eigenvalue weighted by Crippen LogP contribution is -2.04. The Kier molecular flexibility index (Phi) is 5.63. The molecule has 0 aliphatic carbocycles. The standard InChI is InChI=1S/C17H17N3O5/c1-23-15-7-12(8-16(24-2)17(15)25-3)10-19-13-6-11(9-18)4-5-14(13)20(21)22/h4-8,19H,10H2,1-3H3. The van der Waals surface area contributed by atoms with Crippen LogP contribution in [-0.4, -0.2) is 26.3 Å². The van der Waals surface area contributed by atoms with Crippen LogP contribution in [-0.2, 0) is 6.54 Å². The van der Waals surface area contributed by atoms with E-state index in [0.717, 1.165) is 5.56 Å². The normalized spacial score (nSPS) is 9.84. The molecule has 8 nitrogen and oxygen atoms in total. The van der Waals surface area contributed by atoms with E-state index in [1.54, 1.807) is 12.1 Å². The Bertz CT molecular complexity index is 805. The van der Waals surface area contributed by atoms with Crippen molar-refractivity contribution in [2.45, 2.75) is 6.54 Å². The monoisotopic (exact) mass is 343 g/mol. The molecule has 0 aliphatic heterocycles. The Morgan fingerprint density at radius 1 is 1.12 bits per heavy atom. The van der Waals surface area contributed by atoms with Crippen molar-refractivity contribution in [3.63, 3.8) is 0 Å². The fourth-order valence-electron chi connectivity index (χ4n) is 2.34. The largest absolute Gasteiger partial charge is 0.493 e. The Hall–Kier alpha value is -3.47. The molecule has 25 heavy (non-hydrogen) atoms. The average Bonchev–Trinajstić information content (AvgIpc) is 2.64. The van der Waals surface area contributed by atoms with Gasteiger partial charge in [0, 0.05) is 12.6 Å². The Balaban J connectivity index is 2.33. The molecule has 0 heterocycles. The number of methoxy groups -OCH3 is 3. The number of benzene rings is 2. The molecule has 0 bridgehead atoms. The van der Waals surface area contributed by atoms with Crippen LogP contribution < -0.4 is 19.5 Å². The summed E-state index contributed by atoms with van der Waals surface area (Å²) in [5.41, 5.74) is 1.26. The van der Waals surface area contributed by atoms with Gasteiger partial charge in [0.05, 0.1) is 37.9 Å². The van der Waals surface area contributed by atoms with Gasteiger partial charge in [-0.3, -0.25) is 10.1 Å². The van der Waals surface area contributed by atoms with Crippen molar-refractivity contribution in [1.29, 1.82) is 5.26 Å². The fraction of sp³-hybridized carbons (Fsp3) is 0.235. The maximum Gasteiger partial charge on any atom is 0.292 e. The third kappa shape index (κ3) is 3.90. The van der Waals surface area contributed by atoms with Gasteiger partial charge in [0.25, 0.3) is 5.69 Å². The number of ether oxygens (including phenoxy) is 3. The van der Waals surface area contributed by atoms with Crippen LogP contribution in [0.2, 0.25) is 0 Å². The highest BCUT2D eigenvalue weighted by Crippen LogP contribution is 2.38. The van der Waals surface area contributed by atoms with Crippen molar-refractivity contribution >= 4 is 11.4 Å². The van der Waals surface area contributed by atoms with E-state index in [2.05, 4.69) is 5.32 Å². The molecule has 2 aromatic carbocycles. The zero-order chi connectivity index (χ0) is 18.4. The second kappa shape index (κ2) is 7.88. The number of nitriles is 1. The molecule has 0 aliphatic rings. The molecule has 2 rings (SSSR count). The molecule has 0 amide bonds. The number of hydrogen-bond acceptors (Lipinski definition) is 7. The lowest BCUT2D eigenvalue weighted by Gasteiger charge is -2.15. The molecule has 0 saturated heterocycles. The molecular formula is C17H17N3O5. The molecule has 0 saturated carbocycles. The topological polar surface area (TPSA) is 107 Å². The molecule has 0 radical (unpaired) electrons. The number of nitrogens with zero attached hydrogens (tertiary/aromatic N) is 2. The van der Waals surface area contributed by atoms with E-state index in [9.17, 15) is 10.1 Å². The summed E-state index contributed by atoms with van der Waals surface area (Å²) >= 11 is 0. The van der Waals surface area contributed by atoms with Crippen LogP contribution in [0.25, 0.3) is 0 Å². The van der Waals surface area contributed by atoms with Gasteiger partial charge in [-0.05, 0) is 29.8 Å². The molecule has 0 atom stereocenters. The van der Waals surface area contributed by atoms with Gasteiger partial charge in [-0.15, -0.1) is 0 Å². The fourth-order valence-corrected chi connectivity index (χ4v) is 2.34. The molecule has 0 unspecified atom stereocenters. The van der Waals surface area contributed by atoms with E-state index in [0.29, 0.717) is 22.8 Å². The van der Waals surface area contributed by atoms with Crippen LogP contribution in [0, 0.1) is 21.4 Å². The highest BCUT2D eigenvalue weighted by Gasteiger charge is 2.16. The Morgan fingerprint density at radius 3 is 2.24 bits per heavy atom. The van der Waals surface area contributed by atoms with E-state index in [1.165, 1.54) is 39.5 Å². The summed E-state index contributed by atoms with van der Waals surface area (Å²) in [5.74, 6) is 1.43. The summed E-state index contributed by atoms with van der Waals surface area (Å²) in [5, 5.41) is 23.1. The second-order valence-corrected chi connectivity index (χ2v) is 4.99.